The number of aromatic nitrogens is 3. The molecule has 0 aliphatic rings. The Morgan fingerprint density at radius 2 is 1.82 bits per heavy atom. The normalized spacial score (nSPS) is 12.4. The van der Waals surface area contributed by atoms with E-state index in [9.17, 15) is 0 Å². The lowest BCUT2D eigenvalue weighted by Crippen LogP contribution is -2.05. The van der Waals surface area contributed by atoms with Gasteiger partial charge in [-0.15, -0.1) is 6.58 Å². The molecule has 0 saturated heterocycles. The van der Waals surface area contributed by atoms with Crippen LogP contribution in [0.15, 0.2) is 61.7 Å². The van der Waals surface area contributed by atoms with E-state index in [-0.39, 0.29) is 5.92 Å². The zero-order valence-corrected chi connectivity index (χ0v) is 20.8. The minimum absolute atomic E-state index is 0.178. The third kappa shape index (κ3) is 4.85. The summed E-state index contributed by atoms with van der Waals surface area (Å²) < 4.78 is 2.39. The van der Waals surface area contributed by atoms with Crippen LogP contribution in [-0.2, 0) is 13.0 Å². The van der Waals surface area contributed by atoms with Gasteiger partial charge in [-0.25, -0.2) is 4.98 Å². The van der Waals surface area contributed by atoms with Crippen molar-refractivity contribution in [3.05, 3.63) is 88.8 Å². The molecule has 33 heavy (non-hydrogen) atoms. The molecule has 0 saturated carbocycles. The maximum Gasteiger partial charge on any atom is 0.111 e. The molecule has 0 amide bonds. The lowest BCUT2D eigenvalue weighted by molar-refractivity contribution is 0.560. The number of allylic oxidation sites excluding steroid dienone is 2. The molecule has 2 aromatic heterocycles. The van der Waals surface area contributed by atoms with Gasteiger partial charge in [0, 0.05) is 34.3 Å². The van der Waals surface area contributed by atoms with E-state index < -0.39 is 0 Å². The molecule has 0 fully saturated rings. The smallest absolute Gasteiger partial charge is 0.111 e. The Labute approximate surface area is 205 Å². The van der Waals surface area contributed by atoms with Crippen molar-refractivity contribution in [2.75, 3.05) is 0 Å². The summed E-state index contributed by atoms with van der Waals surface area (Å²) in [4.78, 5) is 9.71. The largest absolute Gasteiger partial charge is 0.327 e. The minimum atomic E-state index is 0.178. The van der Waals surface area contributed by atoms with E-state index in [0.29, 0.717) is 10.0 Å². The first-order chi connectivity index (χ1) is 15.9. The molecule has 170 valence electrons. The zero-order valence-electron chi connectivity index (χ0n) is 19.2. The average Bonchev–Trinajstić information content (AvgIpc) is 3.18. The number of pyridine rings is 1. The molecule has 2 heterocycles. The molecule has 4 rings (SSSR count). The van der Waals surface area contributed by atoms with Crippen LogP contribution < -0.4 is 0 Å². The van der Waals surface area contributed by atoms with Crippen LogP contribution in [0.3, 0.4) is 0 Å². The molecule has 3 nitrogen and oxygen atoms in total. The van der Waals surface area contributed by atoms with Crippen molar-refractivity contribution in [2.45, 2.75) is 46.1 Å². The quantitative estimate of drug-likeness (QED) is 0.178. The molecule has 0 spiro atoms. The molecule has 4 aromatic rings. The number of rotatable bonds is 9. The topological polar surface area (TPSA) is 30.7 Å². The molecular formula is C28H29Cl2N3. The van der Waals surface area contributed by atoms with E-state index in [1.54, 1.807) is 6.07 Å². The van der Waals surface area contributed by atoms with Gasteiger partial charge in [-0.3, -0.25) is 4.98 Å². The summed E-state index contributed by atoms with van der Waals surface area (Å²) in [7, 11) is 0. The van der Waals surface area contributed by atoms with Crippen LogP contribution in [-0.4, -0.2) is 14.5 Å². The summed E-state index contributed by atoms with van der Waals surface area (Å²) in [5, 5.41) is 2.41. The molecule has 0 aliphatic heterocycles. The number of halogens is 2. The van der Waals surface area contributed by atoms with Gasteiger partial charge >= 0.3 is 0 Å². The monoisotopic (exact) mass is 477 g/mol. The number of imidazole rings is 1. The fourth-order valence-electron chi connectivity index (χ4n) is 4.56. The average molecular weight is 478 g/mol. The molecule has 5 heteroatoms. The van der Waals surface area contributed by atoms with Gasteiger partial charge in [0.2, 0.25) is 0 Å². The van der Waals surface area contributed by atoms with Gasteiger partial charge < -0.3 is 4.57 Å². The van der Waals surface area contributed by atoms with Crippen molar-refractivity contribution in [1.82, 2.24) is 14.5 Å². The molecule has 2 aromatic carbocycles. The first-order valence-corrected chi connectivity index (χ1v) is 12.2. The highest BCUT2D eigenvalue weighted by Crippen LogP contribution is 2.32. The third-order valence-electron chi connectivity index (χ3n) is 6.27. The number of hydrogen-bond donors (Lipinski definition) is 0. The summed E-state index contributed by atoms with van der Waals surface area (Å²) >= 11 is 12.4. The van der Waals surface area contributed by atoms with Crippen molar-refractivity contribution >= 4 is 50.7 Å². The van der Waals surface area contributed by atoms with E-state index in [1.807, 2.05) is 31.2 Å². The molecule has 1 unspecified atom stereocenters. The van der Waals surface area contributed by atoms with Gasteiger partial charge in [-0.2, -0.15) is 0 Å². The van der Waals surface area contributed by atoms with Gasteiger partial charge in [0.15, 0.2) is 0 Å². The highest BCUT2D eigenvalue weighted by atomic mass is 35.5. The Bertz CT molecular complexity index is 1320. The van der Waals surface area contributed by atoms with Gasteiger partial charge in [0.05, 0.1) is 16.7 Å². The first-order valence-electron chi connectivity index (χ1n) is 11.4. The molecule has 0 radical (unpaired) electrons. The first kappa shape index (κ1) is 23.5. The van der Waals surface area contributed by atoms with Crippen LogP contribution >= 0.6 is 23.2 Å². The van der Waals surface area contributed by atoms with Crippen LogP contribution in [0.1, 0.15) is 43.3 Å². The lowest BCUT2D eigenvalue weighted by atomic mass is 9.89. The number of para-hydroxylation sites is 1. The van der Waals surface area contributed by atoms with Crippen LogP contribution in [0, 0.1) is 12.8 Å². The van der Waals surface area contributed by atoms with E-state index in [4.69, 9.17) is 33.2 Å². The zero-order chi connectivity index (χ0) is 23.5. The molecule has 1 atom stereocenters. The number of aryl methyl sites for hydroxylation is 3. The Morgan fingerprint density at radius 1 is 1.09 bits per heavy atom. The highest BCUT2D eigenvalue weighted by Gasteiger charge is 2.16. The Hall–Kier alpha value is -2.62. The van der Waals surface area contributed by atoms with Crippen molar-refractivity contribution < 1.29 is 0 Å². The van der Waals surface area contributed by atoms with Gasteiger partial charge in [0.1, 0.15) is 11.3 Å². The Balaban J connectivity index is 1.52. The molecule has 0 aliphatic carbocycles. The van der Waals surface area contributed by atoms with Gasteiger partial charge in [-0.05, 0) is 55.2 Å². The molecular weight excluding hydrogens is 449 g/mol. The van der Waals surface area contributed by atoms with Crippen LogP contribution in [0.5, 0.6) is 0 Å². The SMILES string of the molecule is C=CC(CCCCn1c(CC)nc2c(C)nc3ccccc3c21)C(=C)c1cc(Cl)cc(Cl)c1. The third-order valence-corrected chi connectivity index (χ3v) is 6.70. The van der Waals surface area contributed by atoms with Crippen LogP contribution in [0.4, 0.5) is 0 Å². The van der Waals surface area contributed by atoms with Crippen molar-refractivity contribution in [3.8, 4) is 0 Å². The minimum Gasteiger partial charge on any atom is -0.327 e. The van der Waals surface area contributed by atoms with E-state index in [1.165, 1.54) is 10.9 Å². The fourth-order valence-corrected chi connectivity index (χ4v) is 5.09. The highest BCUT2D eigenvalue weighted by molar-refractivity contribution is 6.34. The summed E-state index contributed by atoms with van der Waals surface area (Å²) in [5.41, 5.74) is 6.20. The van der Waals surface area contributed by atoms with Crippen LogP contribution in [0.25, 0.3) is 27.5 Å². The predicted octanol–water partition coefficient (Wildman–Crippen LogP) is 8.45. The number of hydrogen-bond acceptors (Lipinski definition) is 2. The second-order valence-electron chi connectivity index (χ2n) is 8.47. The van der Waals surface area contributed by atoms with Gasteiger partial charge in [-0.1, -0.05) is 67.4 Å². The standard InChI is InChI=1S/C28H29Cl2N3/c1-5-20(18(3)21-15-22(29)17-23(30)16-21)11-9-10-14-33-26(6-2)32-27-19(4)31-25-13-8-7-12-24(25)28(27)33/h5,7-8,12-13,15-17,20H,1,3,6,9-11,14H2,2,4H3. The number of fused-ring (bicyclic) bond motifs is 3. The van der Waals surface area contributed by atoms with E-state index in [0.717, 1.165) is 65.9 Å². The van der Waals surface area contributed by atoms with Crippen molar-refractivity contribution in [3.63, 3.8) is 0 Å². The molecule has 0 N–H and O–H groups in total. The maximum atomic E-state index is 6.19. The summed E-state index contributed by atoms with van der Waals surface area (Å²) in [6.07, 6.45) is 5.94. The number of unbranched alkanes of at least 4 members (excludes halogenated alkanes) is 1. The van der Waals surface area contributed by atoms with Crippen LogP contribution in [0.2, 0.25) is 10.0 Å². The van der Waals surface area contributed by atoms with E-state index in [2.05, 4.69) is 42.8 Å². The van der Waals surface area contributed by atoms with Crippen molar-refractivity contribution in [2.24, 2.45) is 5.92 Å². The Kier molecular flexibility index (Phi) is 7.21. The predicted molar refractivity (Wildman–Crippen MR) is 142 cm³/mol. The second kappa shape index (κ2) is 10.1. The molecule has 0 bridgehead atoms. The number of nitrogens with zero attached hydrogens (tertiary/aromatic N) is 3. The maximum absolute atomic E-state index is 6.19. The lowest BCUT2D eigenvalue weighted by Gasteiger charge is -2.17. The second-order valence-corrected chi connectivity index (χ2v) is 9.34. The number of benzene rings is 2. The summed E-state index contributed by atoms with van der Waals surface area (Å²) in [5.74, 6) is 1.29. The fraction of sp³-hybridized carbons (Fsp3) is 0.286. The Morgan fingerprint density at radius 3 is 2.52 bits per heavy atom. The van der Waals surface area contributed by atoms with Gasteiger partial charge in [0.25, 0.3) is 0 Å². The van der Waals surface area contributed by atoms with E-state index >= 15 is 0 Å². The summed E-state index contributed by atoms with van der Waals surface area (Å²) in [6.45, 7) is 13.5. The summed E-state index contributed by atoms with van der Waals surface area (Å²) in [6, 6.07) is 13.9. The van der Waals surface area contributed by atoms with Crippen molar-refractivity contribution in [1.29, 1.82) is 0 Å².